The van der Waals surface area contributed by atoms with Crippen LogP contribution in [0.3, 0.4) is 0 Å². The number of thiazole rings is 2. The first kappa shape index (κ1) is 11.2. The third-order valence-corrected chi connectivity index (χ3v) is 5.07. The predicted molar refractivity (Wildman–Crippen MR) is 74.1 cm³/mol. The molecule has 0 unspecified atom stereocenters. The molecule has 5 heteroatoms. The van der Waals surface area contributed by atoms with Crippen molar-refractivity contribution in [2.45, 2.75) is 32.1 Å². The smallest absolute Gasteiger partial charge is 0.182 e. The van der Waals surface area contributed by atoms with E-state index in [0.717, 1.165) is 23.2 Å². The molecule has 0 bridgehead atoms. The third-order valence-electron chi connectivity index (χ3n) is 2.93. The van der Waals surface area contributed by atoms with Gasteiger partial charge in [0.05, 0.1) is 21.3 Å². The summed E-state index contributed by atoms with van der Waals surface area (Å²) in [5, 5.41) is 7.50. The quantitative estimate of drug-likeness (QED) is 0.915. The molecule has 0 saturated heterocycles. The molecule has 2 heterocycles. The Morgan fingerprint density at radius 1 is 1.41 bits per heavy atom. The summed E-state index contributed by atoms with van der Waals surface area (Å²) in [4.78, 5) is 10.6. The molecule has 0 aliphatic heterocycles. The predicted octanol–water partition coefficient (Wildman–Crippen LogP) is 3.75. The Morgan fingerprint density at radius 3 is 2.82 bits per heavy atom. The normalized spacial score (nSPS) is 15.2. The summed E-state index contributed by atoms with van der Waals surface area (Å²) >= 11 is 3.49. The molecule has 2 aromatic rings. The standard InChI is InChI=1S/C12H15N3S2/c1-3-8-10(9-6-16-12(13-2)15-9)17-11(14-8)7-4-5-7/h6-7H,3-5H2,1-2H3,(H,13,15). The second-order valence-corrected chi connectivity index (χ2v) is 6.13. The van der Waals surface area contributed by atoms with Gasteiger partial charge in [-0.3, -0.25) is 0 Å². The zero-order valence-corrected chi connectivity index (χ0v) is 11.6. The first-order chi connectivity index (χ1) is 8.31. The fourth-order valence-corrected chi connectivity index (χ4v) is 3.83. The highest BCUT2D eigenvalue weighted by molar-refractivity contribution is 7.17. The Bertz CT molecular complexity index is 526. The lowest BCUT2D eigenvalue weighted by atomic mass is 10.2. The van der Waals surface area contributed by atoms with E-state index >= 15 is 0 Å². The number of anilines is 1. The number of nitrogens with zero attached hydrogens (tertiary/aromatic N) is 2. The highest BCUT2D eigenvalue weighted by atomic mass is 32.1. The van der Waals surface area contributed by atoms with Crippen molar-refractivity contribution in [3.05, 3.63) is 16.1 Å². The Labute approximate surface area is 109 Å². The minimum atomic E-state index is 0.737. The molecule has 2 aromatic heterocycles. The number of aromatic nitrogens is 2. The summed E-state index contributed by atoms with van der Waals surface area (Å²) in [5.74, 6) is 0.737. The molecule has 1 N–H and O–H groups in total. The molecule has 0 spiro atoms. The lowest BCUT2D eigenvalue weighted by Crippen LogP contribution is -1.87. The zero-order chi connectivity index (χ0) is 11.8. The van der Waals surface area contributed by atoms with Gasteiger partial charge in [0, 0.05) is 18.3 Å². The second-order valence-electron chi connectivity index (χ2n) is 4.24. The lowest BCUT2D eigenvalue weighted by Gasteiger charge is -1.94. The monoisotopic (exact) mass is 265 g/mol. The van der Waals surface area contributed by atoms with Crippen molar-refractivity contribution in [2.24, 2.45) is 0 Å². The maximum Gasteiger partial charge on any atom is 0.182 e. The molecule has 1 saturated carbocycles. The minimum absolute atomic E-state index is 0.737. The van der Waals surface area contributed by atoms with E-state index in [9.17, 15) is 0 Å². The summed E-state index contributed by atoms with van der Waals surface area (Å²) in [7, 11) is 1.91. The van der Waals surface area contributed by atoms with Crippen molar-refractivity contribution in [1.82, 2.24) is 9.97 Å². The van der Waals surface area contributed by atoms with Crippen molar-refractivity contribution in [2.75, 3.05) is 12.4 Å². The van der Waals surface area contributed by atoms with Crippen molar-refractivity contribution >= 4 is 27.8 Å². The maximum absolute atomic E-state index is 4.76. The Hall–Kier alpha value is -0.940. The zero-order valence-electron chi connectivity index (χ0n) is 9.99. The molecule has 1 aliphatic rings. The topological polar surface area (TPSA) is 37.8 Å². The van der Waals surface area contributed by atoms with Crippen LogP contribution >= 0.6 is 22.7 Å². The highest BCUT2D eigenvalue weighted by Gasteiger charge is 2.28. The summed E-state index contributed by atoms with van der Waals surface area (Å²) in [6, 6.07) is 0. The Morgan fingerprint density at radius 2 is 2.24 bits per heavy atom. The van der Waals surface area contributed by atoms with E-state index in [1.54, 1.807) is 11.3 Å². The fourth-order valence-electron chi connectivity index (χ4n) is 1.81. The van der Waals surface area contributed by atoms with Crippen LogP contribution in [0.1, 0.15) is 36.4 Å². The van der Waals surface area contributed by atoms with E-state index in [1.165, 1.54) is 28.4 Å². The van der Waals surface area contributed by atoms with Gasteiger partial charge in [-0.25, -0.2) is 9.97 Å². The second kappa shape index (κ2) is 4.38. The molecular weight excluding hydrogens is 250 g/mol. The van der Waals surface area contributed by atoms with Gasteiger partial charge in [0.1, 0.15) is 0 Å². The summed E-state index contributed by atoms with van der Waals surface area (Å²) in [6.45, 7) is 2.17. The Balaban J connectivity index is 1.99. The van der Waals surface area contributed by atoms with Gasteiger partial charge in [-0.05, 0) is 19.3 Å². The molecule has 3 rings (SSSR count). The molecule has 1 aliphatic carbocycles. The van der Waals surface area contributed by atoms with Gasteiger partial charge in [0.15, 0.2) is 5.13 Å². The third kappa shape index (κ3) is 2.09. The molecule has 1 fully saturated rings. The van der Waals surface area contributed by atoms with E-state index in [-0.39, 0.29) is 0 Å². The average Bonchev–Trinajstić information content (AvgIpc) is 2.95. The van der Waals surface area contributed by atoms with Gasteiger partial charge in [0.2, 0.25) is 0 Å². The summed E-state index contributed by atoms with van der Waals surface area (Å²) in [5.41, 5.74) is 2.30. The van der Waals surface area contributed by atoms with Gasteiger partial charge in [-0.2, -0.15) is 0 Å². The largest absolute Gasteiger partial charge is 0.365 e. The van der Waals surface area contributed by atoms with Crippen LogP contribution in [-0.2, 0) is 6.42 Å². The molecule has 3 nitrogen and oxygen atoms in total. The van der Waals surface area contributed by atoms with E-state index < -0.39 is 0 Å². The number of nitrogens with one attached hydrogen (secondary N) is 1. The maximum atomic E-state index is 4.76. The number of rotatable bonds is 4. The number of hydrogen-bond acceptors (Lipinski definition) is 5. The van der Waals surface area contributed by atoms with Crippen LogP contribution < -0.4 is 5.32 Å². The van der Waals surface area contributed by atoms with E-state index in [1.807, 2.05) is 18.4 Å². The molecule has 17 heavy (non-hydrogen) atoms. The van der Waals surface area contributed by atoms with Gasteiger partial charge in [-0.1, -0.05) is 6.92 Å². The van der Waals surface area contributed by atoms with Crippen LogP contribution in [-0.4, -0.2) is 17.0 Å². The highest BCUT2D eigenvalue weighted by Crippen LogP contribution is 2.45. The van der Waals surface area contributed by atoms with Gasteiger partial charge < -0.3 is 5.32 Å². The van der Waals surface area contributed by atoms with Crippen molar-refractivity contribution < 1.29 is 0 Å². The first-order valence-corrected chi connectivity index (χ1v) is 7.64. The van der Waals surface area contributed by atoms with E-state index in [0.29, 0.717) is 0 Å². The summed E-state index contributed by atoms with van der Waals surface area (Å²) < 4.78 is 0. The van der Waals surface area contributed by atoms with Crippen LogP contribution in [0, 0.1) is 0 Å². The van der Waals surface area contributed by atoms with Gasteiger partial charge in [0.25, 0.3) is 0 Å². The summed E-state index contributed by atoms with van der Waals surface area (Å²) in [6.07, 6.45) is 3.62. The van der Waals surface area contributed by atoms with Gasteiger partial charge >= 0.3 is 0 Å². The van der Waals surface area contributed by atoms with Gasteiger partial charge in [-0.15, -0.1) is 22.7 Å². The number of aryl methyl sites for hydroxylation is 1. The minimum Gasteiger partial charge on any atom is -0.365 e. The fraction of sp³-hybridized carbons (Fsp3) is 0.500. The average molecular weight is 265 g/mol. The van der Waals surface area contributed by atoms with Crippen molar-refractivity contribution in [3.8, 4) is 10.6 Å². The van der Waals surface area contributed by atoms with Crippen LogP contribution in [0.4, 0.5) is 5.13 Å². The van der Waals surface area contributed by atoms with Crippen molar-refractivity contribution in [3.63, 3.8) is 0 Å². The van der Waals surface area contributed by atoms with Crippen molar-refractivity contribution in [1.29, 1.82) is 0 Å². The SMILES string of the molecule is CCc1nc(C2CC2)sc1-c1csc(NC)n1. The molecular formula is C12H15N3S2. The van der Waals surface area contributed by atoms with Crippen LogP contribution in [0.2, 0.25) is 0 Å². The molecule has 90 valence electrons. The van der Waals surface area contributed by atoms with Crippen LogP contribution in [0.15, 0.2) is 5.38 Å². The molecule has 0 atom stereocenters. The van der Waals surface area contributed by atoms with E-state index in [4.69, 9.17) is 4.98 Å². The Kier molecular flexibility index (Phi) is 2.88. The molecule has 0 amide bonds. The molecule has 0 radical (unpaired) electrons. The van der Waals surface area contributed by atoms with Crippen LogP contribution in [0.25, 0.3) is 10.6 Å². The first-order valence-electron chi connectivity index (χ1n) is 5.95. The molecule has 0 aromatic carbocycles. The number of hydrogen-bond donors (Lipinski definition) is 1. The van der Waals surface area contributed by atoms with E-state index in [2.05, 4.69) is 22.6 Å². The lowest BCUT2D eigenvalue weighted by molar-refractivity contribution is 0.997. The van der Waals surface area contributed by atoms with Crippen LogP contribution in [0.5, 0.6) is 0 Å².